The van der Waals surface area contributed by atoms with E-state index in [1.807, 2.05) is 18.4 Å². The van der Waals surface area contributed by atoms with Gasteiger partial charge in [-0.15, -0.1) is 16.8 Å². The second-order valence-corrected chi connectivity index (χ2v) is 10.7. The smallest absolute Gasteiger partial charge is 0.337 e. The van der Waals surface area contributed by atoms with Crippen LogP contribution in [-0.2, 0) is 16.1 Å². The minimum absolute atomic E-state index is 0.0410. The van der Waals surface area contributed by atoms with Gasteiger partial charge in [-0.25, -0.2) is 4.79 Å². The van der Waals surface area contributed by atoms with Crippen molar-refractivity contribution in [2.75, 3.05) is 18.2 Å². The lowest BCUT2D eigenvalue weighted by Gasteiger charge is -2.21. The summed E-state index contributed by atoms with van der Waals surface area (Å²) in [5.74, 6) is -0.339. The Bertz CT molecular complexity index is 1360. The van der Waals surface area contributed by atoms with Crippen molar-refractivity contribution in [2.24, 2.45) is 5.92 Å². The molecular formula is C27H29Cl2N5O4S. The van der Waals surface area contributed by atoms with Crippen LogP contribution in [0.5, 0.6) is 0 Å². The summed E-state index contributed by atoms with van der Waals surface area (Å²) < 4.78 is 6.54. The van der Waals surface area contributed by atoms with Crippen molar-refractivity contribution in [3.8, 4) is 0 Å². The molecular weight excluding hydrogens is 561 g/mol. The molecule has 9 nitrogen and oxygen atoms in total. The van der Waals surface area contributed by atoms with Crippen molar-refractivity contribution in [1.29, 1.82) is 0 Å². The Labute approximate surface area is 241 Å². The molecule has 0 spiro atoms. The highest BCUT2D eigenvalue weighted by atomic mass is 35.5. The molecule has 1 atom stereocenters. The van der Waals surface area contributed by atoms with E-state index in [0.29, 0.717) is 45.8 Å². The number of benzene rings is 2. The molecule has 0 aliphatic carbocycles. The summed E-state index contributed by atoms with van der Waals surface area (Å²) >= 11 is 13.4. The average molecular weight is 591 g/mol. The van der Waals surface area contributed by atoms with Crippen LogP contribution in [0.1, 0.15) is 52.9 Å². The maximum absolute atomic E-state index is 13.1. The molecule has 206 valence electrons. The summed E-state index contributed by atoms with van der Waals surface area (Å²) in [5.41, 5.74) is 1.10. The van der Waals surface area contributed by atoms with Crippen LogP contribution in [0.4, 0.5) is 5.69 Å². The number of amides is 2. The topological polar surface area (TPSA) is 115 Å². The Morgan fingerprint density at radius 2 is 1.92 bits per heavy atom. The van der Waals surface area contributed by atoms with E-state index < -0.39 is 12.0 Å². The van der Waals surface area contributed by atoms with Crippen LogP contribution in [-0.4, -0.2) is 45.4 Å². The third-order valence-electron chi connectivity index (χ3n) is 5.46. The zero-order valence-electron chi connectivity index (χ0n) is 21.7. The Balaban J connectivity index is 1.77. The molecule has 1 heterocycles. The van der Waals surface area contributed by atoms with Crippen LogP contribution in [0.3, 0.4) is 0 Å². The number of hydrogen-bond donors (Lipinski definition) is 2. The molecule has 0 aliphatic heterocycles. The highest BCUT2D eigenvalue weighted by molar-refractivity contribution is 7.99. The van der Waals surface area contributed by atoms with Gasteiger partial charge in [-0.1, -0.05) is 61.0 Å². The summed E-state index contributed by atoms with van der Waals surface area (Å²) in [6.07, 6.45) is 2.29. The van der Waals surface area contributed by atoms with E-state index in [9.17, 15) is 14.4 Å². The molecule has 0 bridgehead atoms. The fourth-order valence-electron chi connectivity index (χ4n) is 3.74. The lowest BCUT2D eigenvalue weighted by atomic mass is 10.0. The number of thioether (sulfide) groups is 1. The maximum atomic E-state index is 13.1. The minimum Gasteiger partial charge on any atom is -0.465 e. The molecule has 0 radical (unpaired) electrons. The first-order valence-electron chi connectivity index (χ1n) is 12.0. The summed E-state index contributed by atoms with van der Waals surface area (Å²) in [4.78, 5) is 37.5. The SMILES string of the molecule is C=CCn1c(SCC(=O)Nc2cccc(C(=O)OC)c2)nnc1[C@H](CC(C)C)NC(=O)c1ccc(Cl)cc1Cl. The second kappa shape index (κ2) is 14.2. The molecule has 2 N–H and O–H groups in total. The van der Waals surface area contributed by atoms with Gasteiger partial charge in [0.25, 0.3) is 5.91 Å². The van der Waals surface area contributed by atoms with Crippen LogP contribution in [0.2, 0.25) is 10.0 Å². The van der Waals surface area contributed by atoms with Gasteiger partial charge in [0.05, 0.1) is 35.1 Å². The lowest BCUT2D eigenvalue weighted by molar-refractivity contribution is -0.113. The molecule has 0 saturated carbocycles. The molecule has 12 heteroatoms. The first kappa shape index (κ1) is 30.2. The van der Waals surface area contributed by atoms with Crippen molar-refractivity contribution in [1.82, 2.24) is 20.1 Å². The van der Waals surface area contributed by atoms with Crippen LogP contribution < -0.4 is 10.6 Å². The zero-order valence-corrected chi connectivity index (χ0v) is 24.1. The highest BCUT2D eigenvalue weighted by Gasteiger charge is 2.25. The Morgan fingerprint density at radius 1 is 1.15 bits per heavy atom. The molecule has 0 unspecified atom stereocenters. The Morgan fingerprint density at radius 3 is 2.59 bits per heavy atom. The van der Waals surface area contributed by atoms with Crippen molar-refractivity contribution in [3.05, 3.63) is 82.1 Å². The predicted molar refractivity (Wildman–Crippen MR) is 153 cm³/mol. The number of nitrogens with one attached hydrogen (secondary N) is 2. The van der Waals surface area contributed by atoms with Gasteiger partial charge >= 0.3 is 5.97 Å². The summed E-state index contributed by atoms with van der Waals surface area (Å²) in [6, 6.07) is 10.7. The van der Waals surface area contributed by atoms with Crippen molar-refractivity contribution >= 4 is 58.4 Å². The van der Waals surface area contributed by atoms with Crippen LogP contribution in [0, 0.1) is 5.92 Å². The molecule has 0 fully saturated rings. The third-order valence-corrected chi connectivity index (χ3v) is 6.97. The van der Waals surface area contributed by atoms with Crippen LogP contribution in [0.15, 0.2) is 60.3 Å². The lowest BCUT2D eigenvalue weighted by Crippen LogP contribution is -2.32. The summed E-state index contributed by atoms with van der Waals surface area (Å²) in [6.45, 7) is 8.28. The van der Waals surface area contributed by atoms with E-state index in [1.165, 1.54) is 24.9 Å². The van der Waals surface area contributed by atoms with Gasteiger partial charge in [-0.05, 0) is 48.7 Å². The molecule has 3 rings (SSSR count). The second-order valence-electron chi connectivity index (χ2n) is 8.93. The fraction of sp³-hybridized carbons (Fsp3) is 0.296. The van der Waals surface area contributed by atoms with Gasteiger partial charge in [-0.3, -0.25) is 9.59 Å². The first-order chi connectivity index (χ1) is 18.6. The summed E-state index contributed by atoms with van der Waals surface area (Å²) in [7, 11) is 1.29. The van der Waals surface area contributed by atoms with Gasteiger partial charge in [-0.2, -0.15) is 0 Å². The van der Waals surface area contributed by atoms with E-state index in [2.05, 4.69) is 27.4 Å². The number of aromatic nitrogens is 3. The number of methoxy groups -OCH3 is 1. The Hall–Kier alpha value is -3.34. The van der Waals surface area contributed by atoms with E-state index in [0.717, 1.165) is 0 Å². The van der Waals surface area contributed by atoms with Crippen LogP contribution >= 0.6 is 35.0 Å². The number of nitrogens with zero attached hydrogens (tertiary/aromatic N) is 3. The predicted octanol–water partition coefficient (Wildman–Crippen LogP) is 5.81. The number of hydrogen-bond acceptors (Lipinski definition) is 7. The normalized spacial score (nSPS) is 11.6. The molecule has 1 aromatic heterocycles. The van der Waals surface area contributed by atoms with Gasteiger partial charge in [0.15, 0.2) is 11.0 Å². The number of rotatable bonds is 12. The highest BCUT2D eigenvalue weighted by Crippen LogP contribution is 2.27. The van der Waals surface area contributed by atoms with Gasteiger partial charge in [0.1, 0.15) is 0 Å². The van der Waals surface area contributed by atoms with E-state index >= 15 is 0 Å². The molecule has 39 heavy (non-hydrogen) atoms. The largest absolute Gasteiger partial charge is 0.465 e. The van der Waals surface area contributed by atoms with Crippen LogP contribution in [0.25, 0.3) is 0 Å². The molecule has 0 aliphatic rings. The van der Waals surface area contributed by atoms with E-state index in [4.69, 9.17) is 27.9 Å². The average Bonchev–Trinajstić information content (AvgIpc) is 3.29. The van der Waals surface area contributed by atoms with Gasteiger partial charge in [0, 0.05) is 17.3 Å². The van der Waals surface area contributed by atoms with Crippen molar-refractivity contribution < 1.29 is 19.1 Å². The standard InChI is InChI=1S/C27H29Cl2N5O4S/c1-5-11-34-24(22(12-16(2)3)31-25(36)20-10-9-18(28)14-21(20)29)32-33-27(34)39-15-23(35)30-19-8-6-7-17(13-19)26(37)38-4/h5-10,13-14,16,22H,1,11-12,15H2,2-4H3,(H,30,35)(H,31,36)/t22-/m0/s1. The molecule has 0 saturated heterocycles. The third kappa shape index (κ3) is 8.32. The fourth-order valence-corrected chi connectivity index (χ4v) is 4.99. The number of anilines is 1. The van der Waals surface area contributed by atoms with Gasteiger partial charge < -0.3 is 19.9 Å². The van der Waals surface area contributed by atoms with E-state index in [1.54, 1.807) is 42.5 Å². The number of carbonyl (C=O) groups excluding carboxylic acids is 3. The van der Waals surface area contributed by atoms with Crippen molar-refractivity contribution in [3.63, 3.8) is 0 Å². The molecule has 3 aromatic rings. The molecule has 2 aromatic carbocycles. The monoisotopic (exact) mass is 589 g/mol. The molecule has 2 amide bonds. The number of ether oxygens (including phenoxy) is 1. The number of allylic oxidation sites excluding steroid dienone is 1. The minimum atomic E-state index is -0.494. The van der Waals surface area contributed by atoms with E-state index in [-0.39, 0.29) is 28.5 Å². The number of esters is 1. The maximum Gasteiger partial charge on any atom is 0.337 e. The number of halogens is 2. The Kier molecular flexibility index (Phi) is 11.0. The quantitative estimate of drug-likeness (QED) is 0.156. The first-order valence-corrected chi connectivity index (χ1v) is 13.8. The van der Waals surface area contributed by atoms with Crippen molar-refractivity contribution in [2.45, 2.75) is 38.0 Å². The van der Waals surface area contributed by atoms with Gasteiger partial charge in [0.2, 0.25) is 5.91 Å². The number of carbonyl (C=O) groups is 3. The summed E-state index contributed by atoms with van der Waals surface area (Å²) in [5, 5.41) is 15.6. The zero-order chi connectivity index (χ0) is 28.5.